The van der Waals surface area contributed by atoms with Gasteiger partial charge in [-0.1, -0.05) is 0 Å². The van der Waals surface area contributed by atoms with Crippen LogP contribution in [-0.4, -0.2) is 58.0 Å². The first-order chi connectivity index (χ1) is 13.4. The summed E-state index contributed by atoms with van der Waals surface area (Å²) in [5, 5.41) is 9.42. The van der Waals surface area contributed by atoms with E-state index < -0.39 is 23.6 Å². The Kier molecular flexibility index (Phi) is 7.02. The van der Waals surface area contributed by atoms with Crippen molar-refractivity contribution in [2.24, 2.45) is 12.0 Å². The molecule has 2 rings (SSSR count). The second-order valence-corrected chi connectivity index (χ2v) is 7.92. The van der Waals surface area contributed by atoms with Gasteiger partial charge in [0.1, 0.15) is 5.60 Å². The maximum atomic E-state index is 13.1. The maximum absolute atomic E-state index is 13.1. The highest BCUT2D eigenvalue weighted by Crippen LogP contribution is 2.30. The van der Waals surface area contributed by atoms with Crippen LogP contribution in [0.1, 0.15) is 45.4 Å². The highest BCUT2D eigenvalue weighted by atomic mass is 19.4. The van der Waals surface area contributed by atoms with E-state index in [4.69, 9.17) is 4.74 Å². The molecule has 1 fully saturated rings. The molecule has 0 radical (unpaired) electrons. The van der Waals surface area contributed by atoms with Gasteiger partial charge in [-0.2, -0.15) is 18.3 Å². The summed E-state index contributed by atoms with van der Waals surface area (Å²) in [5.41, 5.74) is -1.50. The Bertz CT molecular complexity index is 739. The van der Waals surface area contributed by atoms with E-state index in [0.717, 1.165) is 4.68 Å². The number of aryl methyl sites for hydroxylation is 1. The van der Waals surface area contributed by atoms with Gasteiger partial charge in [0.25, 0.3) is 0 Å². The molecule has 1 saturated heterocycles. The third-order valence-corrected chi connectivity index (χ3v) is 4.12. The van der Waals surface area contributed by atoms with Crippen LogP contribution in [0.2, 0.25) is 0 Å². The van der Waals surface area contributed by atoms with E-state index in [0.29, 0.717) is 32.0 Å². The number of amides is 1. The second kappa shape index (κ2) is 8.91. The summed E-state index contributed by atoms with van der Waals surface area (Å²) in [6.07, 6.45) is -3.01. The van der Waals surface area contributed by atoms with E-state index >= 15 is 0 Å². The number of hydrogen-bond donors (Lipinski definition) is 2. The van der Waals surface area contributed by atoms with E-state index in [-0.39, 0.29) is 18.2 Å². The van der Waals surface area contributed by atoms with Crippen molar-refractivity contribution in [2.45, 2.75) is 58.5 Å². The number of carbonyl (C=O) groups is 1. The van der Waals surface area contributed by atoms with Crippen LogP contribution in [0.5, 0.6) is 0 Å². The fourth-order valence-corrected chi connectivity index (χ4v) is 3.02. The molecule has 0 spiro atoms. The number of likely N-dealkylation sites (tertiary alicyclic amines) is 1. The molecular formula is C18H29F3N6O2. The SMILES string of the molecule is CCNC(=NCc1cn(C)nc1C(F)(F)F)N1CCC(NC(=O)OC(C)(C)C)C1. The molecule has 1 aliphatic rings. The number of aromatic nitrogens is 2. The summed E-state index contributed by atoms with van der Waals surface area (Å²) >= 11 is 0. The van der Waals surface area contributed by atoms with Gasteiger partial charge in [0.05, 0.1) is 12.6 Å². The van der Waals surface area contributed by atoms with Gasteiger partial charge in [0.15, 0.2) is 11.7 Å². The van der Waals surface area contributed by atoms with Crippen molar-refractivity contribution < 1.29 is 22.7 Å². The largest absolute Gasteiger partial charge is 0.444 e. The molecule has 2 N–H and O–H groups in total. The van der Waals surface area contributed by atoms with Crippen LogP contribution in [0.25, 0.3) is 0 Å². The number of halogens is 3. The number of ether oxygens (including phenoxy) is 1. The number of carbonyl (C=O) groups excluding carboxylic acids is 1. The van der Waals surface area contributed by atoms with E-state index in [2.05, 4.69) is 20.7 Å². The predicted molar refractivity (Wildman–Crippen MR) is 102 cm³/mol. The Morgan fingerprint density at radius 1 is 1.38 bits per heavy atom. The number of alkyl halides is 3. The number of nitrogens with one attached hydrogen (secondary N) is 2. The molecule has 1 amide bonds. The maximum Gasteiger partial charge on any atom is 0.435 e. The number of guanidine groups is 1. The van der Waals surface area contributed by atoms with Crippen LogP contribution in [-0.2, 0) is 24.5 Å². The minimum absolute atomic E-state index is 0.0121. The van der Waals surface area contributed by atoms with Crippen molar-refractivity contribution in [3.63, 3.8) is 0 Å². The molecule has 2 heterocycles. The standard InChI is InChI=1S/C18H29F3N6O2/c1-6-22-15(23-9-12-10-26(5)25-14(12)18(19,20)21)27-8-7-13(11-27)24-16(28)29-17(2,3)4/h10,13H,6-9,11H2,1-5H3,(H,22,23)(H,24,28). The molecule has 1 aliphatic heterocycles. The van der Waals surface area contributed by atoms with Crippen molar-refractivity contribution in [1.29, 1.82) is 0 Å². The number of nitrogens with zero attached hydrogens (tertiary/aromatic N) is 4. The number of rotatable bonds is 4. The van der Waals surface area contributed by atoms with Crippen molar-refractivity contribution >= 4 is 12.1 Å². The highest BCUT2D eigenvalue weighted by Gasteiger charge is 2.37. The van der Waals surface area contributed by atoms with E-state index in [9.17, 15) is 18.0 Å². The monoisotopic (exact) mass is 418 g/mol. The summed E-state index contributed by atoms with van der Waals surface area (Å²) < 4.78 is 45.8. The lowest BCUT2D eigenvalue weighted by molar-refractivity contribution is -0.142. The molecule has 1 aromatic heterocycles. The van der Waals surface area contributed by atoms with Gasteiger partial charge in [-0.25, -0.2) is 9.79 Å². The predicted octanol–water partition coefficient (Wildman–Crippen LogP) is 2.50. The van der Waals surface area contributed by atoms with Crippen LogP contribution in [0, 0.1) is 0 Å². The van der Waals surface area contributed by atoms with Crippen LogP contribution >= 0.6 is 0 Å². The minimum atomic E-state index is -4.53. The fraction of sp³-hybridized carbons (Fsp3) is 0.722. The van der Waals surface area contributed by atoms with Crippen molar-refractivity contribution in [3.8, 4) is 0 Å². The average molecular weight is 418 g/mol. The summed E-state index contributed by atoms with van der Waals surface area (Å²) in [7, 11) is 1.45. The molecule has 1 unspecified atom stereocenters. The second-order valence-electron chi connectivity index (χ2n) is 7.92. The first-order valence-electron chi connectivity index (χ1n) is 9.51. The lowest BCUT2D eigenvalue weighted by Gasteiger charge is -2.23. The van der Waals surface area contributed by atoms with Gasteiger partial charge in [0, 0.05) is 38.4 Å². The van der Waals surface area contributed by atoms with Crippen molar-refractivity contribution in [3.05, 3.63) is 17.5 Å². The Hall–Kier alpha value is -2.46. The zero-order chi connectivity index (χ0) is 21.8. The summed E-state index contributed by atoms with van der Waals surface area (Å²) in [5.74, 6) is 0.498. The normalized spacial score (nSPS) is 18.1. The topological polar surface area (TPSA) is 83.8 Å². The smallest absolute Gasteiger partial charge is 0.435 e. The van der Waals surface area contributed by atoms with Crippen molar-refractivity contribution in [2.75, 3.05) is 19.6 Å². The molecule has 0 aromatic carbocycles. The molecule has 11 heteroatoms. The molecule has 0 saturated carbocycles. The van der Waals surface area contributed by atoms with Gasteiger partial charge in [-0.15, -0.1) is 0 Å². The first-order valence-corrected chi connectivity index (χ1v) is 9.51. The van der Waals surface area contributed by atoms with Crippen LogP contribution in [0.4, 0.5) is 18.0 Å². The molecule has 8 nitrogen and oxygen atoms in total. The van der Waals surface area contributed by atoms with Crippen molar-refractivity contribution in [1.82, 2.24) is 25.3 Å². The quantitative estimate of drug-likeness (QED) is 0.580. The molecule has 164 valence electrons. The molecular weight excluding hydrogens is 389 g/mol. The van der Waals surface area contributed by atoms with Crippen LogP contribution in [0.15, 0.2) is 11.2 Å². The Morgan fingerprint density at radius 3 is 2.66 bits per heavy atom. The van der Waals surface area contributed by atoms with E-state index in [1.165, 1.54) is 13.2 Å². The Balaban J connectivity index is 2.04. The third kappa shape index (κ3) is 6.82. The third-order valence-electron chi connectivity index (χ3n) is 4.12. The van der Waals surface area contributed by atoms with Gasteiger partial charge in [-0.3, -0.25) is 4.68 Å². The van der Waals surface area contributed by atoms with Gasteiger partial charge >= 0.3 is 12.3 Å². The first kappa shape index (κ1) is 22.8. The Labute approximate surface area is 168 Å². The van der Waals surface area contributed by atoms with Crippen LogP contribution < -0.4 is 10.6 Å². The van der Waals surface area contributed by atoms with Gasteiger partial charge in [-0.05, 0) is 34.1 Å². The molecule has 0 bridgehead atoms. The molecule has 1 atom stereocenters. The lowest BCUT2D eigenvalue weighted by Crippen LogP contribution is -2.44. The minimum Gasteiger partial charge on any atom is -0.444 e. The van der Waals surface area contributed by atoms with E-state index in [1.807, 2.05) is 11.8 Å². The zero-order valence-corrected chi connectivity index (χ0v) is 17.4. The molecule has 1 aromatic rings. The summed E-state index contributed by atoms with van der Waals surface area (Å²) in [6.45, 7) is 8.78. The van der Waals surface area contributed by atoms with Crippen LogP contribution in [0.3, 0.4) is 0 Å². The lowest BCUT2D eigenvalue weighted by atomic mass is 10.2. The van der Waals surface area contributed by atoms with E-state index in [1.54, 1.807) is 20.8 Å². The summed E-state index contributed by atoms with van der Waals surface area (Å²) in [6, 6.07) is -0.127. The highest BCUT2D eigenvalue weighted by molar-refractivity contribution is 5.80. The van der Waals surface area contributed by atoms with Gasteiger partial charge < -0.3 is 20.3 Å². The average Bonchev–Trinajstić information content (AvgIpc) is 3.15. The van der Waals surface area contributed by atoms with Gasteiger partial charge in [0.2, 0.25) is 0 Å². The number of hydrogen-bond acceptors (Lipinski definition) is 4. The number of aliphatic imine (C=N–C) groups is 1. The zero-order valence-electron chi connectivity index (χ0n) is 17.4. The number of alkyl carbamates (subject to hydrolysis) is 1. The molecule has 0 aliphatic carbocycles. The summed E-state index contributed by atoms with van der Waals surface area (Å²) in [4.78, 5) is 18.2. The Morgan fingerprint density at radius 2 is 2.07 bits per heavy atom. The molecule has 29 heavy (non-hydrogen) atoms. The fourth-order valence-electron chi connectivity index (χ4n) is 3.02.